The van der Waals surface area contributed by atoms with E-state index in [1.54, 1.807) is 30.3 Å². The molecule has 1 aliphatic heterocycles. The van der Waals surface area contributed by atoms with Crippen LogP contribution in [0, 0.1) is 0 Å². The average Bonchev–Trinajstić information content (AvgIpc) is 2.75. The number of hydrogen-bond donors (Lipinski definition) is 1. The number of benzene rings is 3. The number of nitrogens with zero attached hydrogens (tertiary/aromatic N) is 1. The highest BCUT2D eigenvalue weighted by Crippen LogP contribution is 2.33. The van der Waals surface area contributed by atoms with Crippen molar-refractivity contribution in [1.29, 1.82) is 0 Å². The number of para-hydroxylation sites is 1. The highest BCUT2D eigenvalue weighted by Gasteiger charge is 2.35. The average molecular weight is 485 g/mol. The predicted molar refractivity (Wildman–Crippen MR) is 130 cm³/mol. The fraction of sp³-hybridized carbons (Fsp3) is 0. The number of rotatable bonds is 4. The zero-order valence-electron chi connectivity index (χ0n) is 15.8. The summed E-state index contributed by atoms with van der Waals surface area (Å²) in [6.07, 6.45) is 1.57. The van der Waals surface area contributed by atoms with Gasteiger partial charge in [-0.3, -0.25) is 19.8 Å². The lowest BCUT2D eigenvalue weighted by Crippen LogP contribution is -2.54. The largest absolute Gasteiger partial charge is 0.298 e. The van der Waals surface area contributed by atoms with E-state index in [1.165, 1.54) is 16.7 Å². The van der Waals surface area contributed by atoms with Crippen LogP contribution < -0.4 is 10.2 Å². The number of carbonyl (C=O) groups excluding carboxylic acids is 2. The lowest BCUT2D eigenvalue weighted by Gasteiger charge is -2.29. The molecule has 1 N–H and O–H groups in total. The van der Waals surface area contributed by atoms with Gasteiger partial charge in [0, 0.05) is 14.8 Å². The normalized spacial score (nSPS) is 15.4. The summed E-state index contributed by atoms with van der Waals surface area (Å²) in [6.45, 7) is 0. The summed E-state index contributed by atoms with van der Waals surface area (Å²) in [7, 11) is 0. The van der Waals surface area contributed by atoms with Crippen LogP contribution >= 0.6 is 47.2 Å². The summed E-state index contributed by atoms with van der Waals surface area (Å²) in [4.78, 5) is 29.0. The van der Waals surface area contributed by atoms with E-state index in [9.17, 15) is 9.59 Å². The molecule has 154 valence electrons. The lowest BCUT2D eigenvalue weighted by atomic mass is 10.1. The van der Waals surface area contributed by atoms with Gasteiger partial charge in [0.25, 0.3) is 11.8 Å². The second kappa shape index (κ2) is 9.24. The SMILES string of the molecule is O=C1NC(=S)N(c2ccccc2Cl)C(=O)/C1=C\c1ccccc1Sc1ccc(Cl)cc1. The van der Waals surface area contributed by atoms with Crippen molar-refractivity contribution in [1.82, 2.24) is 5.32 Å². The zero-order valence-corrected chi connectivity index (χ0v) is 19.0. The van der Waals surface area contributed by atoms with Crippen LogP contribution in [0.15, 0.2) is 88.2 Å². The molecular formula is C23H14Cl2N2O2S2. The van der Waals surface area contributed by atoms with Gasteiger partial charge in [0.15, 0.2) is 5.11 Å². The Morgan fingerprint density at radius 3 is 2.32 bits per heavy atom. The number of thiocarbonyl (C=S) groups is 1. The Bertz CT molecular complexity index is 1230. The first-order valence-corrected chi connectivity index (χ1v) is 11.1. The highest BCUT2D eigenvalue weighted by molar-refractivity contribution is 7.99. The van der Waals surface area contributed by atoms with Gasteiger partial charge in [0.2, 0.25) is 0 Å². The second-order valence-electron chi connectivity index (χ2n) is 6.50. The van der Waals surface area contributed by atoms with Gasteiger partial charge in [-0.1, -0.05) is 65.3 Å². The standard InChI is InChI=1S/C23H14Cl2N2O2S2/c24-15-9-11-16(12-10-15)31-20-8-4-1-5-14(20)13-17-21(28)26-23(30)27(22(17)29)19-7-3-2-6-18(19)25/h1-13H,(H,26,28,30)/b17-13-. The van der Waals surface area contributed by atoms with E-state index in [1.807, 2.05) is 48.5 Å². The molecule has 4 nitrogen and oxygen atoms in total. The summed E-state index contributed by atoms with van der Waals surface area (Å²) in [6, 6.07) is 21.8. The van der Waals surface area contributed by atoms with Crippen LogP contribution in [-0.4, -0.2) is 16.9 Å². The molecule has 1 saturated heterocycles. The number of hydrogen-bond acceptors (Lipinski definition) is 4. The summed E-state index contributed by atoms with van der Waals surface area (Å²) in [5.41, 5.74) is 1.11. The molecule has 8 heteroatoms. The summed E-state index contributed by atoms with van der Waals surface area (Å²) < 4.78 is 0. The molecule has 0 unspecified atom stereocenters. The maximum Gasteiger partial charge on any atom is 0.270 e. The van der Waals surface area contributed by atoms with E-state index >= 15 is 0 Å². The third-order valence-corrected chi connectivity index (χ3v) is 6.41. The topological polar surface area (TPSA) is 49.4 Å². The Morgan fingerprint density at radius 2 is 1.58 bits per heavy atom. The molecule has 0 saturated carbocycles. The number of halogens is 2. The van der Waals surface area contributed by atoms with E-state index in [0.29, 0.717) is 15.7 Å². The van der Waals surface area contributed by atoms with Gasteiger partial charge in [-0.25, -0.2) is 0 Å². The molecule has 4 rings (SSSR count). The maximum absolute atomic E-state index is 13.2. The van der Waals surface area contributed by atoms with Crippen molar-refractivity contribution >= 4 is 75.9 Å². The van der Waals surface area contributed by atoms with Crippen LogP contribution in [0.25, 0.3) is 6.08 Å². The van der Waals surface area contributed by atoms with Crippen LogP contribution in [0.1, 0.15) is 5.56 Å². The van der Waals surface area contributed by atoms with Crippen molar-refractivity contribution in [3.63, 3.8) is 0 Å². The molecule has 0 bridgehead atoms. The van der Waals surface area contributed by atoms with Crippen LogP contribution in [0.4, 0.5) is 5.69 Å². The quantitative estimate of drug-likeness (QED) is 0.281. The highest BCUT2D eigenvalue weighted by atomic mass is 35.5. The number of anilines is 1. The molecule has 31 heavy (non-hydrogen) atoms. The molecule has 0 spiro atoms. The number of nitrogens with one attached hydrogen (secondary N) is 1. The molecule has 1 heterocycles. The fourth-order valence-corrected chi connectivity index (χ4v) is 4.52. The van der Waals surface area contributed by atoms with E-state index < -0.39 is 11.8 Å². The first-order valence-electron chi connectivity index (χ1n) is 9.12. The predicted octanol–water partition coefficient (Wildman–Crippen LogP) is 5.98. The molecule has 0 atom stereocenters. The van der Waals surface area contributed by atoms with Crippen LogP contribution in [-0.2, 0) is 9.59 Å². The van der Waals surface area contributed by atoms with Gasteiger partial charge in [0.1, 0.15) is 5.57 Å². The molecule has 0 aliphatic carbocycles. The minimum atomic E-state index is -0.551. The van der Waals surface area contributed by atoms with E-state index in [-0.39, 0.29) is 10.7 Å². The summed E-state index contributed by atoms with van der Waals surface area (Å²) in [5.74, 6) is -1.09. The molecule has 1 fully saturated rings. The van der Waals surface area contributed by atoms with E-state index in [4.69, 9.17) is 35.4 Å². The first kappa shape index (κ1) is 21.6. The number of carbonyl (C=O) groups is 2. The van der Waals surface area contributed by atoms with Crippen LogP contribution in [0.2, 0.25) is 10.0 Å². The smallest absolute Gasteiger partial charge is 0.270 e. The third-order valence-electron chi connectivity index (χ3n) is 4.46. The first-order chi connectivity index (χ1) is 14.9. The van der Waals surface area contributed by atoms with Gasteiger partial charge < -0.3 is 0 Å². The third kappa shape index (κ3) is 4.67. The van der Waals surface area contributed by atoms with Gasteiger partial charge in [-0.05, 0) is 66.3 Å². The van der Waals surface area contributed by atoms with Gasteiger partial charge in [0.05, 0.1) is 10.7 Å². The van der Waals surface area contributed by atoms with Crippen molar-refractivity contribution < 1.29 is 9.59 Å². The van der Waals surface area contributed by atoms with Gasteiger partial charge >= 0.3 is 0 Å². The second-order valence-corrected chi connectivity index (χ2v) is 8.85. The Labute approximate surface area is 198 Å². The van der Waals surface area contributed by atoms with Crippen molar-refractivity contribution in [3.05, 3.63) is 94.0 Å². The monoisotopic (exact) mass is 484 g/mol. The van der Waals surface area contributed by atoms with Gasteiger partial charge in [-0.15, -0.1) is 0 Å². The van der Waals surface area contributed by atoms with Gasteiger partial charge in [-0.2, -0.15) is 0 Å². The minimum absolute atomic E-state index is 0.0101. The Morgan fingerprint density at radius 1 is 0.903 bits per heavy atom. The Kier molecular flexibility index (Phi) is 6.43. The molecule has 3 aromatic rings. The van der Waals surface area contributed by atoms with Crippen molar-refractivity contribution in [2.45, 2.75) is 9.79 Å². The van der Waals surface area contributed by atoms with E-state index in [0.717, 1.165) is 15.4 Å². The Hall–Kier alpha value is -2.64. The minimum Gasteiger partial charge on any atom is -0.298 e. The molecule has 3 aromatic carbocycles. The Balaban J connectivity index is 1.72. The zero-order chi connectivity index (χ0) is 22.0. The van der Waals surface area contributed by atoms with Crippen LogP contribution in [0.3, 0.4) is 0 Å². The fourth-order valence-electron chi connectivity index (χ4n) is 2.99. The van der Waals surface area contributed by atoms with Crippen molar-refractivity contribution in [2.24, 2.45) is 0 Å². The maximum atomic E-state index is 13.2. The molecular weight excluding hydrogens is 471 g/mol. The summed E-state index contributed by atoms with van der Waals surface area (Å²) in [5, 5.41) is 3.58. The molecule has 1 aliphatic rings. The van der Waals surface area contributed by atoms with Crippen LogP contribution in [0.5, 0.6) is 0 Å². The molecule has 0 radical (unpaired) electrons. The van der Waals surface area contributed by atoms with Crippen molar-refractivity contribution in [3.8, 4) is 0 Å². The van der Waals surface area contributed by atoms with Crippen molar-refractivity contribution in [2.75, 3.05) is 4.90 Å². The molecule has 2 amide bonds. The molecule has 0 aromatic heterocycles. The van der Waals surface area contributed by atoms with E-state index in [2.05, 4.69) is 5.32 Å². The lowest BCUT2D eigenvalue weighted by molar-refractivity contribution is -0.122. The number of amides is 2. The summed E-state index contributed by atoms with van der Waals surface area (Å²) >= 11 is 19.0.